The van der Waals surface area contributed by atoms with Crippen LogP contribution in [-0.4, -0.2) is 26.3 Å². The number of nitrogens with one attached hydrogen (secondary N) is 3. The molecule has 2 aromatic carbocycles. The smallest absolute Gasteiger partial charge is 0.251 e. The minimum Gasteiger partial charge on any atom is -0.346 e. The first kappa shape index (κ1) is 21.0. The van der Waals surface area contributed by atoms with Gasteiger partial charge in [-0.15, -0.1) is 0 Å². The fourth-order valence-electron chi connectivity index (χ4n) is 2.76. The Morgan fingerprint density at radius 1 is 1.10 bits per heavy atom. The number of amides is 2. The van der Waals surface area contributed by atoms with E-state index >= 15 is 0 Å². The van der Waals surface area contributed by atoms with E-state index in [4.69, 9.17) is 0 Å². The minimum absolute atomic E-state index is 0.00239. The second kappa shape index (κ2) is 8.75. The lowest BCUT2D eigenvalue weighted by Gasteiger charge is -2.15. The lowest BCUT2D eigenvalue weighted by Crippen LogP contribution is -2.28. The van der Waals surface area contributed by atoms with Gasteiger partial charge < -0.3 is 10.6 Å². The zero-order valence-electron chi connectivity index (χ0n) is 16.4. The van der Waals surface area contributed by atoms with Gasteiger partial charge in [0.05, 0.1) is 10.9 Å². The van der Waals surface area contributed by atoms with Gasteiger partial charge in [-0.2, -0.15) is 0 Å². The number of carbonyl (C=O) groups is 2. The second-order valence-corrected chi connectivity index (χ2v) is 8.86. The van der Waals surface area contributed by atoms with E-state index in [9.17, 15) is 18.0 Å². The topological polar surface area (TPSA) is 104 Å². The molecule has 0 aliphatic heterocycles. The normalized spacial score (nSPS) is 14.8. The highest BCUT2D eigenvalue weighted by atomic mass is 32.2. The Balaban J connectivity index is 1.66. The van der Waals surface area contributed by atoms with E-state index in [1.165, 1.54) is 12.1 Å². The number of rotatable bonds is 8. The standard InChI is InChI=1S/C21H25N3O4S/c1-3-20(25)23-17-9-7-15(8-10-17)14(2)22-21(26)16-5-4-6-19(13-16)29(27,28)24-18-11-12-18/h4-10,13-14,18,24H,3,11-12H2,1-2H3,(H,22,26)(H,23,25). The average Bonchev–Trinajstić information content (AvgIpc) is 3.51. The number of hydrogen-bond acceptors (Lipinski definition) is 4. The van der Waals surface area contributed by atoms with Crippen molar-refractivity contribution in [3.63, 3.8) is 0 Å². The Bertz CT molecular complexity index is 999. The fraction of sp³-hybridized carbons (Fsp3) is 0.333. The quantitative estimate of drug-likeness (QED) is 0.616. The predicted molar refractivity (Wildman–Crippen MR) is 111 cm³/mol. The molecular formula is C21H25N3O4S. The van der Waals surface area contributed by atoms with Crippen molar-refractivity contribution in [3.8, 4) is 0 Å². The van der Waals surface area contributed by atoms with Crippen LogP contribution in [-0.2, 0) is 14.8 Å². The molecule has 0 bridgehead atoms. The van der Waals surface area contributed by atoms with E-state index in [2.05, 4.69) is 15.4 Å². The number of hydrogen-bond donors (Lipinski definition) is 3. The first-order valence-electron chi connectivity index (χ1n) is 9.61. The van der Waals surface area contributed by atoms with Crippen molar-refractivity contribution in [2.45, 2.75) is 50.1 Å². The number of anilines is 1. The summed E-state index contributed by atoms with van der Waals surface area (Å²) < 4.78 is 27.3. The van der Waals surface area contributed by atoms with Crippen molar-refractivity contribution < 1.29 is 18.0 Å². The Morgan fingerprint density at radius 3 is 2.41 bits per heavy atom. The van der Waals surface area contributed by atoms with Crippen LogP contribution in [0.5, 0.6) is 0 Å². The van der Waals surface area contributed by atoms with Crippen molar-refractivity contribution in [1.29, 1.82) is 0 Å². The molecule has 1 saturated carbocycles. The van der Waals surface area contributed by atoms with Crippen molar-refractivity contribution in [1.82, 2.24) is 10.0 Å². The summed E-state index contributed by atoms with van der Waals surface area (Å²) >= 11 is 0. The second-order valence-electron chi connectivity index (χ2n) is 7.14. The van der Waals surface area contributed by atoms with Crippen molar-refractivity contribution in [3.05, 3.63) is 59.7 Å². The molecular weight excluding hydrogens is 390 g/mol. The van der Waals surface area contributed by atoms with Crippen LogP contribution < -0.4 is 15.4 Å². The molecule has 0 radical (unpaired) electrons. The monoisotopic (exact) mass is 415 g/mol. The Kier molecular flexibility index (Phi) is 6.34. The van der Waals surface area contributed by atoms with Gasteiger partial charge in [-0.3, -0.25) is 9.59 Å². The largest absolute Gasteiger partial charge is 0.346 e. The van der Waals surface area contributed by atoms with Crippen LogP contribution in [0.4, 0.5) is 5.69 Å². The maximum atomic E-state index is 12.6. The van der Waals surface area contributed by atoms with E-state index in [0.717, 1.165) is 18.4 Å². The average molecular weight is 416 g/mol. The van der Waals surface area contributed by atoms with E-state index < -0.39 is 10.0 Å². The molecule has 1 aliphatic rings. The molecule has 1 aliphatic carbocycles. The summed E-state index contributed by atoms with van der Waals surface area (Å²) in [6, 6.07) is 12.9. The van der Waals surface area contributed by atoms with E-state index in [-0.39, 0.29) is 34.4 Å². The van der Waals surface area contributed by atoms with E-state index in [1.807, 2.05) is 19.1 Å². The molecule has 7 nitrogen and oxygen atoms in total. The number of carbonyl (C=O) groups excluding carboxylic acids is 2. The molecule has 0 spiro atoms. The number of benzene rings is 2. The predicted octanol–water partition coefficient (Wildman–Crippen LogP) is 2.97. The van der Waals surface area contributed by atoms with Crippen LogP contribution in [0.15, 0.2) is 53.4 Å². The summed E-state index contributed by atoms with van der Waals surface area (Å²) in [6.45, 7) is 3.62. The maximum Gasteiger partial charge on any atom is 0.251 e. The van der Waals surface area contributed by atoms with Crippen molar-refractivity contribution in [2.24, 2.45) is 0 Å². The van der Waals surface area contributed by atoms with Gasteiger partial charge in [-0.25, -0.2) is 13.1 Å². The Labute approximate surface area is 171 Å². The zero-order chi connectivity index (χ0) is 21.0. The van der Waals surface area contributed by atoms with Gasteiger partial charge in [-0.1, -0.05) is 25.1 Å². The maximum absolute atomic E-state index is 12.6. The molecule has 154 valence electrons. The van der Waals surface area contributed by atoms with Gasteiger partial charge in [0.15, 0.2) is 0 Å². The lowest BCUT2D eigenvalue weighted by molar-refractivity contribution is -0.115. The molecule has 0 aromatic heterocycles. The zero-order valence-corrected chi connectivity index (χ0v) is 17.3. The summed E-state index contributed by atoms with van der Waals surface area (Å²) in [4.78, 5) is 24.1. The molecule has 3 rings (SSSR count). The van der Waals surface area contributed by atoms with Crippen LogP contribution in [0.3, 0.4) is 0 Å². The molecule has 1 fully saturated rings. The van der Waals surface area contributed by atoms with Crippen LogP contribution >= 0.6 is 0 Å². The summed E-state index contributed by atoms with van der Waals surface area (Å²) in [5, 5.41) is 5.65. The molecule has 1 unspecified atom stereocenters. The third kappa shape index (κ3) is 5.65. The summed E-state index contributed by atoms with van der Waals surface area (Å²) in [6.07, 6.45) is 2.09. The highest BCUT2D eigenvalue weighted by Gasteiger charge is 2.28. The van der Waals surface area contributed by atoms with Gasteiger partial charge >= 0.3 is 0 Å². The fourth-order valence-corrected chi connectivity index (χ4v) is 4.11. The number of sulfonamides is 1. The van der Waals surface area contributed by atoms with Crippen molar-refractivity contribution >= 4 is 27.5 Å². The molecule has 2 amide bonds. The van der Waals surface area contributed by atoms with Gasteiger partial charge in [0.2, 0.25) is 15.9 Å². The Morgan fingerprint density at radius 2 is 1.79 bits per heavy atom. The molecule has 2 aromatic rings. The molecule has 1 atom stereocenters. The van der Waals surface area contributed by atoms with Crippen LogP contribution in [0.25, 0.3) is 0 Å². The molecule has 3 N–H and O–H groups in total. The lowest BCUT2D eigenvalue weighted by atomic mass is 10.1. The molecule has 0 saturated heterocycles. The Hall–Kier alpha value is -2.71. The van der Waals surface area contributed by atoms with Gasteiger partial charge in [0, 0.05) is 23.7 Å². The first-order valence-corrected chi connectivity index (χ1v) is 11.1. The SMILES string of the molecule is CCC(=O)Nc1ccc(C(C)NC(=O)c2cccc(S(=O)(=O)NC3CC3)c2)cc1. The minimum atomic E-state index is -3.62. The molecule has 0 heterocycles. The molecule has 8 heteroatoms. The van der Waals surface area contributed by atoms with Crippen molar-refractivity contribution in [2.75, 3.05) is 5.32 Å². The third-order valence-electron chi connectivity index (χ3n) is 4.67. The molecule has 29 heavy (non-hydrogen) atoms. The van der Waals surface area contributed by atoms with Crippen LogP contribution in [0, 0.1) is 0 Å². The van der Waals surface area contributed by atoms with E-state index in [1.54, 1.807) is 31.2 Å². The van der Waals surface area contributed by atoms with Crippen LogP contribution in [0.2, 0.25) is 0 Å². The highest BCUT2D eigenvalue weighted by Crippen LogP contribution is 2.23. The van der Waals surface area contributed by atoms with E-state index in [0.29, 0.717) is 12.1 Å². The summed E-state index contributed by atoms with van der Waals surface area (Å²) in [7, 11) is -3.62. The third-order valence-corrected chi connectivity index (χ3v) is 6.19. The first-order chi connectivity index (χ1) is 13.8. The van der Waals surface area contributed by atoms with Gasteiger partial charge in [0.25, 0.3) is 5.91 Å². The van der Waals surface area contributed by atoms with Crippen LogP contribution in [0.1, 0.15) is 55.1 Å². The van der Waals surface area contributed by atoms with Gasteiger partial charge in [-0.05, 0) is 55.7 Å². The summed E-state index contributed by atoms with van der Waals surface area (Å²) in [5.41, 5.74) is 1.84. The summed E-state index contributed by atoms with van der Waals surface area (Å²) in [5.74, 6) is -0.422. The highest BCUT2D eigenvalue weighted by molar-refractivity contribution is 7.89. The van der Waals surface area contributed by atoms with Gasteiger partial charge in [0.1, 0.15) is 0 Å².